The van der Waals surface area contributed by atoms with Gasteiger partial charge in [0.2, 0.25) is 0 Å². The lowest BCUT2D eigenvalue weighted by Gasteiger charge is -2.32. The summed E-state index contributed by atoms with van der Waals surface area (Å²) in [5.41, 5.74) is 0. The fourth-order valence-corrected chi connectivity index (χ4v) is 2.48. The van der Waals surface area contributed by atoms with Crippen molar-refractivity contribution in [3.8, 4) is 5.75 Å². The first-order valence-corrected chi connectivity index (χ1v) is 6.40. The second kappa shape index (κ2) is 5.45. The molecule has 0 heterocycles. The highest BCUT2D eigenvalue weighted by molar-refractivity contribution is 7.81. The van der Waals surface area contributed by atoms with Crippen molar-refractivity contribution in [1.29, 1.82) is 0 Å². The van der Waals surface area contributed by atoms with Crippen LogP contribution < -0.4 is 10.1 Å². The van der Waals surface area contributed by atoms with Crippen LogP contribution in [-0.4, -0.2) is 11.0 Å². The Hall–Kier alpha value is -1.16. The topological polar surface area (TPSA) is 38.3 Å². The summed E-state index contributed by atoms with van der Waals surface area (Å²) in [5.74, 6) is 0.553. The van der Waals surface area contributed by atoms with Crippen molar-refractivity contribution >= 4 is 18.7 Å². The molecule has 2 rings (SSSR count). The van der Waals surface area contributed by atoms with Crippen LogP contribution in [0.25, 0.3) is 0 Å². The number of hydrogen-bond acceptors (Lipinski definition) is 3. The molecule has 0 saturated heterocycles. The standard InChI is InChI=1S/C13H17NO2S/c15-12(16-11-7-3-1-4-8-11)14-13(17)9-5-2-6-10-13/h1,3-4,7-8,17H,2,5-6,9-10H2,(H,14,15). The minimum Gasteiger partial charge on any atom is -0.410 e. The molecule has 0 bridgehead atoms. The van der Waals surface area contributed by atoms with Crippen molar-refractivity contribution in [2.24, 2.45) is 0 Å². The average molecular weight is 251 g/mol. The lowest BCUT2D eigenvalue weighted by Crippen LogP contribution is -2.46. The van der Waals surface area contributed by atoms with Gasteiger partial charge < -0.3 is 10.1 Å². The van der Waals surface area contributed by atoms with Crippen molar-refractivity contribution in [3.63, 3.8) is 0 Å². The SMILES string of the molecule is O=C(NC1(S)CCCCC1)Oc1ccccc1. The van der Waals surface area contributed by atoms with Gasteiger partial charge in [-0.25, -0.2) is 4.79 Å². The number of thiol groups is 1. The smallest absolute Gasteiger partial charge is 0.410 e. The molecule has 17 heavy (non-hydrogen) atoms. The second-order valence-corrected chi connectivity index (χ2v) is 5.28. The zero-order valence-electron chi connectivity index (χ0n) is 9.69. The minimum absolute atomic E-state index is 0.399. The van der Waals surface area contributed by atoms with E-state index in [0.717, 1.165) is 25.7 Å². The highest BCUT2D eigenvalue weighted by Gasteiger charge is 2.30. The molecule has 0 spiro atoms. The Kier molecular flexibility index (Phi) is 3.94. The van der Waals surface area contributed by atoms with Gasteiger partial charge in [-0.1, -0.05) is 37.5 Å². The van der Waals surface area contributed by atoms with Gasteiger partial charge in [-0.15, -0.1) is 0 Å². The number of rotatable bonds is 2. The Morgan fingerprint density at radius 2 is 1.82 bits per heavy atom. The van der Waals surface area contributed by atoms with E-state index in [-0.39, 0.29) is 0 Å². The van der Waals surface area contributed by atoms with Gasteiger partial charge in [0.1, 0.15) is 5.75 Å². The number of benzene rings is 1. The molecule has 0 unspecified atom stereocenters. The number of nitrogens with one attached hydrogen (secondary N) is 1. The Morgan fingerprint density at radius 1 is 1.18 bits per heavy atom. The lowest BCUT2D eigenvalue weighted by atomic mass is 9.95. The molecule has 3 nitrogen and oxygen atoms in total. The fraction of sp³-hybridized carbons (Fsp3) is 0.462. The molecule has 1 aromatic rings. The van der Waals surface area contributed by atoms with Gasteiger partial charge in [-0.2, -0.15) is 12.6 Å². The third-order valence-electron chi connectivity index (χ3n) is 2.97. The summed E-state index contributed by atoms with van der Waals surface area (Å²) in [7, 11) is 0. The summed E-state index contributed by atoms with van der Waals surface area (Å²) in [6, 6.07) is 9.06. The summed E-state index contributed by atoms with van der Waals surface area (Å²) in [5, 5.41) is 2.85. The zero-order valence-corrected chi connectivity index (χ0v) is 10.6. The molecule has 1 aliphatic carbocycles. The predicted octanol–water partition coefficient (Wildman–Crippen LogP) is 3.37. The minimum atomic E-state index is -0.423. The van der Waals surface area contributed by atoms with E-state index in [2.05, 4.69) is 17.9 Å². The van der Waals surface area contributed by atoms with Gasteiger partial charge in [-0.05, 0) is 25.0 Å². The van der Waals surface area contributed by atoms with E-state index < -0.39 is 11.0 Å². The maximum absolute atomic E-state index is 11.7. The average Bonchev–Trinajstić information content (AvgIpc) is 2.30. The van der Waals surface area contributed by atoms with Gasteiger partial charge in [0.25, 0.3) is 0 Å². The Morgan fingerprint density at radius 3 is 2.47 bits per heavy atom. The van der Waals surface area contributed by atoms with Crippen molar-refractivity contribution in [1.82, 2.24) is 5.32 Å². The molecule has 0 atom stereocenters. The highest BCUT2D eigenvalue weighted by atomic mass is 32.1. The fourth-order valence-electron chi connectivity index (χ4n) is 2.07. The molecular formula is C13H17NO2S. The van der Waals surface area contributed by atoms with Crippen LogP contribution in [0.15, 0.2) is 30.3 Å². The van der Waals surface area contributed by atoms with E-state index >= 15 is 0 Å². The molecule has 1 N–H and O–H groups in total. The Bertz CT molecular complexity index is 374. The molecule has 1 amide bonds. The molecular weight excluding hydrogens is 234 g/mol. The van der Waals surface area contributed by atoms with E-state index in [9.17, 15) is 4.79 Å². The molecule has 92 valence electrons. The van der Waals surface area contributed by atoms with Crippen LogP contribution in [0, 0.1) is 0 Å². The van der Waals surface area contributed by atoms with Crippen LogP contribution in [0.2, 0.25) is 0 Å². The molecule has 0 radical (unpaired) electrons. The molecule has 1 fully saturated rings. The van der Waals surface area contributed by atoms with Crippen LogP contribution in [0.5, 0.6) is 5.75 Å². The number of hydrogen-bond donors (Lipinski definition) is 2. The third-order valence-corrected chi connectivity index (χ3v) is 3.53. The van der Waals surface area contributed by atoms with Gasteiger partial charge in [0.15, 0.2) is 0 Å². The first-order chi connectivity index (χ1) is 8.18. The van der Waals surface area contributed by atoms with Gasteiger partial charge in [-0.3, -0.25) is 0 Å². The van der Waals surface area contributed by atoms with E-state index in [1.807, 2.05) is 18.2 Å². The summed E-state index contributed by atoms with van der Waals surface area (Å²) in [6.45, 7) is 0. The van der Waals surface area contributed by atoms with Crippen molar-refractivity contribution in [2.75, 3.05) is 0 Å². The second-order valence-electron chi connectivity index (χ2n) is 4.42. The van der Waals surface area contributed by atoms with Gasteiger partial charge >= 0.3 is 6.09 Å². The van der Waals surface area contributed by atoms with Gasteiger partial charge in [0.05, 0.1) is 4.87 Å². The predicted molar refractivity (Wildman–Crippen MR) is 70.4 cm³/mol. The van der Waals surface area contributed by atoms with Crippen LogP contribution in [0.4, 0.5) is 4.79 Å². The van der Waals surface area contributed by atoms with Crippen molar-refractivity contribution in [3.05, 3.63) is 30.3 Å². The Balaban J connectivity index is 1.88. The first-order valence-electron chi connectivity index (χ1n) is 5.95. The van der Waals surface area contributed by atoms with Gasteiger partial charge in [0, 0.05) is 0 Å². The number of ether oxygens (including phenoxy) is 1. The van der Waals surface area contributed by atoms with Crippen molar-refractivity contribution < 1.29 is 9.53 Å². The first kappa shape index (κ1) is 12.3. The van der Waals surface area contributed by atoms with Crippen LogP contribution in [0.3, 0.4) is 0 Å². The molecule has 0 aromatic heterocycles. The quantitative estimate of drug-likeness (QED) is 0.625. The number of carbonyl (C=O) groups is 1. The zero-order chi connectivity index (χ0) is 12.1. The maximum atomic E-state index is 11.7. The summed E-state index contributed by atoms with van der Waals surface area (Å²) in [6.07, 6.45) is 4.81. The Labute approximate surface area is 107 Å². The largest absolute Gasteiger partial charge is 0.413 e. The lowest BCUT2D eigenvalue weighted by molar-refractivity contribution is 0.188. The van der Waals surface area contributed by atoms with Crippen molar-refractivity contribution in [2.45, 2.75) is 37.0 Å². The van der Waals surface area contributed by atoms with E-state index in [4.69, 9.17) is 4.74 Å². The number of para-hydroxylation sites is 1. The molecule has 1 saturated carbocycles. The number of amides is 1. The molecule has 4 heteroatoms. The van der Waals surface area contributed by atoms with Crippen LogP contribution in [-0.2, 0) is 0 Å². The summed E-state index contributed by atoms with van der Waals surface area (Å²) in [4.78, 5) is 11.3. The van der Waals surface area contributed by atoms with Crippen LogP contribution >= 0.6 is 12.6 Å². The van der Waals surface area contributed by atoms with E-state index in [0.29, 0.717) is 5.75 Å². The number of carbonyl (C=O) groups excluding carboxylic acids is 1. The normalized spacial score (nSPS) is 18.4. The van der Waals surface area contributed by atoms with E-state index in [1.165, 1.54) is 6.42 Å². The van der Waals surface area contributed by atoms with E-state index in [1.54, 1.807) is 12.1 Å². The molecule has 1 aromatic carbocycles. The third kappa shape index (κ3) is 3.66. The van der Waals surface area contributed by atoms with Crippen LogP contribution in [0.1, 0.15) is 32.1 Å². The molecule has 1 aliphatic rings. The maximum Gasteiger partial charge on any atom is 0.413 e. The summed E-state index contributed by atoms with van der Waals surface area (Å²) < 4.78 is 5.18. The molecule has 0 aliphatic heterocycles. The highest BCUT2D eigenvalue weighted by Crippen LogP contribution is 2.31. The monoisotopic (exact) mass is 251 g/mol. The summed E-state index contributed by atoms with van der Waals surface area (Å²) >= 11 is 4.54.